The Bertz CT molecular complexity index is 437. The SMILES string of the molecule is CC1CCCC1Nc1ccc([N+](=O)[O-])c(F)c1. The van der Waals surface area contributed by atoms with Gasteiger partial charge in [0.15, 0.2) is 0 Å². The molecule has 1 N–H and O–H groups in total. The summed E-state index contributed by atoms with van der Waals surface area (Å²) in [6.07, 6.45) is 3.42. The number of benzene rings is 1. The van der Waals surface area contributed by atoms with Crippen LogP contribution in [0.4, 0.5) is 15.8 Å². The van der Waals surface area contributed by atoms with Crippen molar-refractivity contribution in [2.24, 2.45) is 5.92 Å². The fourth-order valence-corrected chi connectivity index (χ4v) is 2.32. The molecule has 2 rings (SSSR count). The van der Waals surface area contributed by atoms with Crippen LogP contribution in [0.5, 0.6) is 0 Å². The zero-order valence-corrected chi connectivity index (χ0v) is 9.65. The molecule has 0 spiro atoms. The number of hydrogen-bond donors (Lipinski definition) is 1. The molecule has 0 bridgehead atoms. The van der Waals surface area contributed by atoms with Crippen LogP contribution < -0.4 is 5.32 Å². The van der Waals surface area contributed by atoms with Crippen molar-refractivity contribution in [1.82, 2.24) is 0 Å². The average Bonchev–Trinajstić information content (AvgIpc) is 2.64. The van der Waals surface area contributed by atoms with Gasteiger partial charge in [0, 0.05) is 23.9 Å². The summed E-state index contributed by atoms with van der Waals surface area (Å²) in [5.41, 5.74) is 0.141. The van der Waals surface area contributed by atoms with Gasteiger partial charge >= 0.3 is 5.69 Å². The minimum absolute atomic E-state index is 0.343. The molecule has 1 aromatic carbocycles. The molecule has 0 heterocycles. The van der Waals surface area contributed by atoms with Gasteiger partial charge in [-0.05, 0) is 24.8 Å². The number of anilines is 1. The van der Waals surface area contributed by atoms with E-state index < -0.39 is 16.4 Å². The van der Waals surface area contributed by atoms with Crippen molar-refractivity contribution in [3.8, 4) is 0 Å². The van der Waals surface area contributed by atoms with E-state index >= 15 is 0 Å². The summed E-state index contributed by atoms with van der Waals surface area (Å²) < 4.78 is 13.4. The molecular weight excluding hydrogens is 223 g/mol. The van der Waals surface area contributed by atoms with E-state index in [0.29, 0.717) is 17.6 Å². The van der Waals surface area contributed by atoms with E-state index in [4.69, 9.17) is 0 Å². The second-order valence-corrected chi connectivity index (χ2v) is 4.58. The minimum Gasteiger partial charge on any atom is -0.382 e. The number of rotatable bonds is 3. The van der Waals surface area contributed by atoms with Crippen molar-refractivity contribution in [2.75, 3.05) is 5.32 Å². The zero-order chi connectivity index (χ0) is 12.4. The molecule has 5 heteroatoms. The predicted octanol–water partition coefficient (Wildman–Crippen LogP) is 3.33. The number of nitro benzene ring substituents is 1. The first-order valence-electron chi connectivity index (χ1n) is 5.78. The Labute approximate surface area is 99.0 Å². The number of halogens is 1. The van der Waals surface area contributed by atoms with E-state index in [9.17, 15) is 14.5 Å². The van der Waals surface area contributed by atoms with Gasteiger partial charge in [0.1, 0.15) is 0 Å². The Balaban J connectivity index is 2.12. The molecular formula is C12H15FN2O2. The molecule has 0 radical (unpaired) electrons. The van der Waals surface area contributed by atoms with Gasteiger partial charge in [-0.2, -0.15) is 4.39 Å². The monoisotopic (exact) mass is 238 g/mol. The predicted molar refractivity (Wildman–Crippen MR) is 63.5 cm³/mol. The number of nitro groups is 1. The van der Waals surface area contributed by atoms with Crippen LogP contribution in [-0.2, 0) is 0 Å². The molecule has 2 atom stereocenters. The van der Waals surface area contributed by atoms with E-state index in [-0.39, 0.29) is 0 Å². The first-order valence-corrected chi connectivity index (χ1v) is 5.78. The van der Waals surface area contributed by atoms with Gasteiger partial charge in [0.25, 0.3) is 0 Å². The van der Waals surface area contributed by atoms with E-state index in [1.165, 1.54) is 25.0 Å². The third-order valence-corrected chi connectivity index (χ3v) is 3.36. The molecule has 92 valence electrons. The molecule has 0 saturated heterocycles. The highest BCUT2D eigenvalue weighted by Gasteiger charge is 2.23. The molecule has 2 unspecified atom stereocenters. The van der Waals surface area contributed by atoms with Crippen molar-refractivity contribution in [3.05, 3.63) is 34.1 Å². The summed E-state index contributed by atoms with van der Waals surface area (Å²) in [4.78, 5) is 9.76. The van der Waals surface area contributed by atoms with Gasteiger partial charge in [-0.1, -0.05) is 13.3 Å². The summed E-state index contributed by atoms with van der Waals surface area (Å²) in [6.45, 7) is 2.16. The topological polar surface area (TPSA) is 55.2 Å². The fourth-order valence-electron chi connectivity index (χ4n) is 2.32. The standard InChI is InChI=1S/C12H15FN2O2/c1-8-3-2-4-11(8)14-9-5-6-12(15(16)17)10(13)7-9/h5-8,11,14H,2-4H2,1H3. The van der Waals surface area contributed by atoms with Crippen LogP contribution >= 0.6 is 0 Å². The first-order chi connectivity index (χ1) is 8.08. The van der Waals surface area contributed by atoms with E-state index in [1.54, 1.807) is 6.07 Å². The maximum absolute atomic E-state index is 13.4. The van der Waals surface area contributed by atoms with Crippen LogP contribution in [0.2, 0.25) is 0 Å². The second kappa shape index (κ2) is 4.69. The number of nitrogens with one attached hydrogen (secondary N) is 1. The summed E-state index contributed by atoms with van der Waals surface area (Å²) in [5.74, 6) is -0.223. The Morgan fingerprint density at radius 3 is 2.76 bits per heavy atom. The maximum Gasteiger partial charge on any atom is 0.304 e. The zero-order valence-electron chi connectivity index (χ0n) is 9.65. The van der Waals surface area contributed by atoms with Crippen LogP contribution in [0, 0.1) is 21.8 Å². The summed E-state index contributed by atoms with van der Waals surface area (Å²) >= 11 is 0. The quantitative estimate of drug-likeness (QED) is 0.649. The molecule has 17 heavy (non-hydrogen) atoms. The molecule has 1 saturated carbocycles. The first kappa shape index (κ1) is 11.8. The smallest absolute Gasteiger partial charge is 0.304 e. The van der Waals surface area contributed by atoms with Gasteiger partial charge in [0.05, 0.1) is 4.92 Å². The van der Waals surface area contributed by atoms with Crippen LogP contribution in [0.1, 0.15) is 26.2 Å². The van der Waals surface area contributed by atoms with Crippen LogP contribution in [0.15, 0.2) is 18.2 Å². The number of nitrogens with zero attached hydrogens (tertiary/aromatic N) is 1. The third kappa shape index (κ3) is 2.54. The highest BCUT2D eigenvalue weighted by Crippen LogP contribution is 2.29. The Hall–Kier alpha value is -1.65. The lowest BCUT2D eigenvalue weighted by atomic mass is 10.1. The molecule has 1 aliphatic carbocycles. The van der Waals surface area contributed by atoms with Crippen molar-refractivity contribution in [1.29, 1.82) is 0 Å². The molecule has 1 aromatic rings. The van der Waals surface area contributed by atoms with Crippen molar-refractivity contribution in [3.63, 3.8) is 0 Å². The lowest BCUT2D eigenvalue weighted by molar-refractivity contribution is -0.387. The van der Waals surface area contributed by atoms with Crippen LogP contribution in [0.25, 0.3) is 0 Å². The average molecular weight is 238 g/mol. The number of hydrogen-bond acceptors (Lipinski definition) is 3. The van der Waals surface area contributed by atoms with Gasteiger partial charge in [-0.25, -0.2) is 0 Å². The summed E-state index contributed by atoms with van der Waals surface area (Å²) in [7, 11) is 0. The fraction of sp³-hybridized carbons (Fsp3) is 0.500. The molecule has 0 aliphatic heterocycles. The maximum atomic E-state index is 13.4. The largest absolute Gasteiger partial charge is 0.382 e. The van der Waals surface area contributed by atoms with Crippen molar-refractivity contribution < 1.29 is 9.31 Å². The molecule has 1 fully saturated rings. The van der Waals surface area contributed by atoms with Crippen LogP contribution in [-0.4, -0.2) is 11.0 Å². The lowest BCUT2D eigenvalue weighted by Gasteiger charge is -2.18. The Morgan fingerprint density at radius 1 is 1.47 bits per heavy atom. The van der Waals surface area contributed by atoms with Gasteiger partial charge < -0.3 is 5.32 Å². The Morgan fingerprint density at radius 2 is 2.24 bits per heavy atom. The van der Waals surface area contributed by atoms with Crippen molar-refractivity contribution in [2.45, 2.75) is 32.2 Å². The molecule has 0 amide bonds. The second-order valence-electron chi connectivity index (χ2n) is 4.58. The molecule has 4 nitrogen and oxygen atoms in total. The van der Waals surface area contributed by atoms with Crippen molar-refractivity contribution >= 4 is 11.4 Å². The Kier molecular flexibility index (Phi) is 3.26. The van der Waals surface area contributed by atoms with Crippen LogP contribution in [0.3, 0.4) is 0 Å². The normalized spacial score (nSPS) is 23.6. The van der Waals surface area contributed by atoms with Gasteiger partial charge in [0.2, 0.25) is 5.82 Å². The highest BCUT2D eigenvalue weighted by molar-refractivity contribution is 5.50. The lowest BCUT2D eigenvalue weighted by Crippen LogP contribution is -2.21. The van der Waals surface area contributed by atoms with Gasteiger partial charge in [-0.15, -0.1) is 0 Å². The highest BCUT2D eigenvalue weighted by atomic mass is 19.1. The third-order valence-electron chi connectivity index (χ3n) is 3.36. The van der Waals surface area contributed by atoms with Gasteiger partial charge in [-0.3, -0.25) is 10.1 Å². The summed E-state index contributed by atoms with van der Waals surface area (Å²) in [6, 6.07) is 4.31. The van der Waals surface area contributed by atoms with E-state index in [0.717, 1.165) is 6.42 Å². The molecule has 0 aromatic heterocycles. The van der Waals surface area contributed by atoms with E-state index in [1.807, 2.05) is 0 Å². The van der Waals surface area contributed by atoms with E-state index in [2.05, 4.69) is 12.2 Å². The molecule has 1 aliphatic rings. The summed E-state index contributed by atoms with van der Waals surface area (Å²) in [5, 5.41) is 13.7. The minimum atomic E-state index is -0.786.